The van der Waals surface area contributed by atoms with Gasteiger partial charge in [-0.3, -0.25) is 9.69 Å². The van der Waals surface area contributed by atoms with Crippen molar-refractivity contribution in [3.63, 3.8) is 0 Å². The first-order valence-electron chi connectivity index (χ1n) is 12.8. The lowest BCUT2D eigenvalue weighted by molar-refractivity contribution is -0.250. The van der Waals surface area contributed by atoms with Crippen LogP contribution in [0.25, 0.3) is 22.3 Å². The minimum atomic E-state index is -4.65. The summed E-state index contributed by atoms with van der Waals surface area (Å²) in [6.45, 7) is -3.75. The van der Waals surface area contributed by atoms with Gasteiger partial charge in [-0.25, -0.2) is 15.0 Å². The van der Waals surface area contributed by atoms with Crippen LogP contribution in [-0.2, 0) is 6.54 Å². The first-order chi connectivity index (χ1) is 19.6. The highest BCUT2D eigenvalue weighted by Gasteiger charge is 2.55. The fourth-order valence-electron chi connectivity index (χ4n) is 6.22. The minimum Gasteiger partial charge on any atom is -0.434 e. The number of ether oxygens (including phenoxy) is 1. The Morgan fingerprint density at radius 3 is 2.68 bits per heavy atom. The topological polar surface area (TPSA) is 105 Å². The number of carbonyl (C=O) groups is 1. The highest BCUT2D eigenvalue weighted by Crippen LogP contribution is 2.49. The smallest absolute Gasteiger partial charge is 0.406 e. The summed E-state index contributed by atoms with van der Waals surface area (Å²) in [5.74, 6) is -0.0489. The molecule has 2 aromatic heterocycles. The van der Waals surface area contributed by atoms with Crippen molar-refractivity contribution >= 4 is 16.9 Å². The average molecular weight is 572 g/mol. The number of aliphatic hydroxyl groups is 1. The highest BCUT2D eigenvalue weighted by atomic mass is 19.4. The van der Waals surface area contributed by atoms with Gasteiger partial charge in [-0.05, 0) is 36.8 Å². The molecule has 2 bridgehead atoms. The monoisotopic (exact) mass is 572 g/mol. The minimum absolute atomic E-state index is 0.0135. The maximum absolute atomic E-state index is 13.6. The van der Waals surface area contributed by atoms with Gasteiger partial charge in [-0.15, -0.1) is 0 Å². The van der Waals surface area contributed by atoms with E-state index in [-0.39, 0.29) is 41.5 Å². The second-order valence-corrected chi connectivity index (χ2v) is 10.2. The summed E-state index contributed by atoms with van der Waals surface area (Å²) >= 11 is 0. The largest absolute Gasteiger partial charge is 0.434 e. The molecule has 4 atom stereocenters. The fraction of sp³-hybridized carbons (Fsp3) is 0.333. The van der Waals surface area contributed by atoms with Crippen molar-refractivity contribution in [2.75, 3.05) is 6.54 Å². The van der Waals surface area contributed by atoms with Gasteiger partial charge in [0.1, 0.15) is 23.4 Å². The maximum atomic E-state index is 13.6. The average Bonchev–Trinajstić information content (AvgIpc) is 3.39. The van der Waals surface area contributed by atoms with E-state index in [9.17, 15) is 31.9 Å². The van der Waals surface area contributed by atoms with Gasteiger partial charge in [0, 0.05) is 29.4 Å². The van der Waals surface area contributed by atoms with Crippen LogP contribution in [-0.4, -0.2) is 66.9 Å². The molecule has 1 saturated heterocycles. The van der Waals surface area contributed by atoms with Gasteiger partial charge in [0.05, 0.1) is 41.5 Å². The number of nitrogens with one attached hydrogen (secondary N) is 1. The molecule has 1 amide bonds. The Balaban J connectivity index is 1.38. The van der Waals surface area contributed by atoms with E-state index in [2.05, 4.69) is 15.3 Å². The summed E-state index contributed by atoms with van der Waals surface area (Å²) in [6.07, 6.45) is -4.51. The number of aromatic nitrogens is 4. The number of benzene rings is 2. The predicted octanol–water partition coefficient (Wildman–Crippen LogP) is 3.98. The van der Waals surface area contributed by atoms with Crippen molar-refractivity contribution in [1.82, 2.24) is 29.7 Å². The fourth-order valence-corrected chi connectivity index (χ4v) is 6.22. The molecule has 7 rings (SSSR count). The standard InChI is InChI=1S/C27H21F5N6O3/c28-26(29)41-19-6-5-12-21(17-9-15(36-25(12)40)24-35-13-3-1-2-4-16(13)38(17)24)22(19)14-7-8-33-20(34-14)11-37-10-18(39)23(37)27(30,31)32/h1-8,15,17-18,23,26,39H,9-11H2,(H,36,40)/t15-,17-,18?,23?/m1/s1. The molecule has 2 aromatic carbocycles. The number of hydrogen-bond acceptors (Lipinski definition) is 7. The predicted molar refractivity (Wildman–Crippen MR) is 133 cm³/mol. The van der Waals surface area contributed by atoms with Crippen molar-refractivity contribution in [2.24, 2.45) is 0 Å². The molecule has 1 fully saturated rings. The molecule has 0 aliphatic carbocycles. The molecule has 4 aromatic rings. The number of para-hydroxylation sites is 2. The molecule has 5 heterocycles. The molecule has 0 radical (unpaired) electrons. The van der Waals surface area contributed by atoms with E-state index in [0.29, 0.717) is 23.3 Å². The molecule has 212 valence electrons. The lowest BCUT2D eigenvalue weighted by atomic mass is 9.90. The Hall–Kier alpha value is -4.17. The van der Waals surface area contributed by atoms with Gasteiger partial charge in [-0.2, -0.15) is 22.0 Å². The van der Waals surface area contributed by atoms with Crippen LogP contribution in [0.15, 0.2) is 48.7 Å². The number of aliphatic hydroxyl groups excluding tert-OH is 1. The van der Waals surface area contributed by atoms with Crippen molar-refractivity contribution in [3.8, 4) is 17.0 Å². The molecular weight excluding hydrogens is 551 g/mol. The van der Waals surface area contributed by atoms with Crippen LogP contribution in [0, 0.1) is 0 Å². The van der Waals surface area contributed by atoms with Gasteiger partial charge in [0.15, 0.2) is 0 Å². The van der Waals surface area contributed by atoms with Crippen LogP contribution in [0.4, 0.5) is 22.0 Å². The van der Waals surface area contributed by atoms with Crippen molar-refractivity contribution < 1.29 is 36.6 Å². The number of nitrogens with zero attached hydrogens (tertiary/aromatic N) is 5. The summed E-state index contributed by atoms with van der Waals surface area (Å²) in [6, 6.07) is 8.52. The molecule has 9 nitrogen and oxygen atoms in total. The van der Waals surface area contributed by atoms with Gasteiger partial charge in [-0.1, -0.05) is 12.1 Å². The Morgan fingerprint density at radius 2 is 1.93 bits per heavy atom. The van der Waals surface area contributed by atoms with E-state index >= 15 is 0 Å². The number of imidazole rings is 1. The van der Waals surface area contributed by atoms with E-state index in [4.69, 9.17) is 9.72 Å². The van der Waals surface area contributed by atoms with Gasteiger partial charge in [0.2, 0.25) is 0 Å². The van der Waals surface area contributed by atoms with Crippen LogP contribution < -0.4 is 10.1 Å². The zero-order valence-electron chi connectivity index (χ0n) is 21.0. The Bertz CT molecular complexity index is 1690. The number of alkyl halides is 5. The van der Waals surface area contributed by atoms with Crippen LogP contribution in [0.2, 0.25) is 0 Å². The number of likely N-dealkylation sites (tertiary alicyclic amines) is 1. The number of fused-ring (bicyclic) bond motifs is 9. The summed E-state index contributed by atoms with van der Waals surface area (Å²) in [5.41, 5.74) is 2.35. The number of amides is 1. The van der Waals surface area contributed by atoms with Crippen molar-refractivity contribution in [1.29, 1.82) is 0 Å². The molecule has 0 saturated carbocycles. The SMILES string of the molecule is O=C1N[C@@H]2C[C@H](c3c1ccc(OC(F)F)c3-c1ccnc(CN3CC(O)C3C(F)(F)F)n1)n1c2nc2ccccc21. The highest BCUT2D eigenvalue weighted by molar-refractivity contribution is 6.00. The Morgan fingerprint density at radius 1 is 1.12 bits per heavy atom. The first-order valence-corrected chi connectivity index (χ1v) is 12.8. The zero-order chi connectivity index (χ0) is 28.6. The molecule has 41 heavy (non-hydrogen) atoms. The summed E-state index contributed by atoms with van der Waals surface area (Å²) in [5, 5.41) is 12.7. The number of β-amino-alcohol motifs (C(OH)–C–C–N with tert-alkyl or cyclic N) is 1. The molecular formula is C27H21F5N6O3. The molecule has 0 spiro atoms. The first kappa shape index (κ1) is 25.8. The third-order valence-corrected chi connectivity index (χ3v) is 7.83. The summed E-state index contributed by atoms with van der Waals surface area (Å²) < 4.78 is 74.3. The maximum Gasteiger partial charge on any atom is 0.406 e. The number of carbonyl (C=O) groups excluding carboxylic acids is 1. The normalized spacial score (nSPS) is 23.6. The molecule has 2 unspecified atom stereocenters. The van der Waals surface area contributed by atoms with Crippen LogP contribution >= 0.6 is 0 Å². The number of rotatable bonds is 5. The summed E-state index contributed by atoms with van der Waals surface area (Å²) in [7, 11) is 0. The summed E-state index contributed by atoms with van der Waals surface area (Å²) in [4.78, 5) is 27.6. The quantitative estimate of drug-likeness (QED) is 0.349. The molecule has 3 aliphatic heterocycles. The van der Waals surface area contributed by atoms with Gasteiger partial charge >= 0.3 is 12.8 Å². The molecule has 2 N–H and O–H groups in total. The number of halogens is 5. The van der Waals surface area contributed by atoms with E-state index in [0.717, 1.165) is 10.4 Å². The third kappa shape index (κ3) is 4.11. The lowest BCUT2D eigenvalue weighted by Gasteiger charge is -2.45. The lowest BCUT2D eigenvalue weighted by Crippen LogP contribution is -2.65. The second-order valence-electron chi connectivity index (χ2n) is 10.2. The molecule has 14 heteroatoms. The van der Waals surface area contributed by atoms with Crippen LogP contribution in [0.1, 0.15) is 46.1 Å². The van der Waals surface area contributed by atoms with Crippen molar-refractivity contribution in [2.45, 2.75) is 50.0 Å². The molecule has 3 aliphatic rings. The number of hydrogen-bond donors (Lipinski definition) is 2. The second kappa shape index (κ2) is 9.17. The third-order valence-electron chi connectivity index (χ3n) is 7.83. The van der Waals surface area contributed by atoms with E-state index in [1.165, 1.54) is 24.4 Å². The van der Waals surface area contributed by atoms with Gasteiger partial charge < -0.3 is 19.7 Å². The van der Waals surface area contributed by atoms with Crippen LogP contribution in [0.5, 0.6) is 5.75 Å². The van der Waals surface area contributed by atoms with E-state index in [1.807, 2.05) is 28.8 Å². The Labute approximate surface area is 228 Å². The van der Waals surface area contributed by atoms with Crippen molar-refractivity contribution in [3.05, 3.63) is 71.4 Å². The van der Waals surface area contributed by atoms with Gasteiger partial charge in [0.25, 0.3) is 5.91 Å². The van der Waals surface area contributed by atoms with E-state index in [1.54, 1.807) is 0 Å². The Kier molecular flexibility index (Phi) is 5.77. The van der Waals surface area contributed by atoms with Crippen LogP contribution in [0.3, 0.4) is 0 Å². The zero-order valence-corrected chi connectivity index (χ0v) is 21.0. The van der Waals surface area contributed by atoms with E-state index < -0.39 is 42.9 Å².